The number of pyridine rings is 2. The maximum absolute atomic E-state index is 14.9. The van der Waals surface area contributed by atoms with Crippen molar-refractivity contribution in [3.8, 4) is 17.0 Å². The van der Waals surface area contributed by atoms with Crippen LogP contribution in [0.25, 0.3) is 11.3 Å². The molecule has 200 valence electrons. The number of carbonyl (C=O) groups is 1. The summed E-state index contributed by atoms with van der Waals surface area (Å²) in [6.07, 6.45) is 2.85. The minimum absolute atomic E-state index is 0.0357. The van der Waals surface area contributed by atoms with E-state index in [-0.39, 0.29) is 23.9 Å². The normalized spacial score (nSPS) is 20.9. The van der Waals surface area contributed by atoms with Gasteiger partial charge in [-0.3, -0.25) is 9.78 Å². The fourth-order valence-corrected chi connectivity index (χ4v) is 5.60. The van der Waals surface area contributed by atoms with E-state index in [1.807, 2.05) is 0 Å². The van der Waals surface area contributed by atoms with Gasteiger partial charge in [0.1, 0.15) is 23.0 Å². The molecule has 0 saturated carbocycles. The van der Waals surface area contributed by atoms with E-state index in [4.69, 9.17) is 10.5 Å². The van der Waals surface area contributed by atoms with Crippen LogP contribution in [0.15, 0.2) is 30.5 Å². The molecule has 0 bridgehead atoms. The summed E-state index contributed by atoms with van der Waals surface area (Å²) in [5, 5.41) is 10.4. The first kappa shape index (κ1) is 26.1. The Hall–Kier alpha value is -3.50. The molecule has 5 rings (SSSR count). The number of methoxy groups -OCH3 is 1. The Morgan fingerprint density at radius 1 is 1.18 bits per heavy atom. The molecule has 3 atom stereocenters. The second kappa shape index (κ2) is 10.3. The molecule has 1 fully saturated rings. The number of ketones is 1. The summed E-state index contributed by atoms with van der Waals surface area (Å²) >= 11 is 0. The molecule has 10 heteroatoms. The van der Waals surface area contributed by atoms with Crippen molar-refractivity contribution in [3.63, 3.8) is 0 Å². The summed E-state index contributed by atoms with van der Waals surface area (Å²) in [6, 6.07) is 4.17. The lowest BCUT2D eigenvalue weighted by Gasteiger charge is -2.38. The lowest BCUT2D eigenvalue weighted by atomic mass is 9.93. The quantitative estimate of drug-likeness (QED) is 0.466. The molecular weight excluding hydrogens is 497 g/mol. The van der Waals surface area contributed by atoms with Gasteiger partial charge in [0.2, 0.25) is 0 Å². The summed E-state index contributed by atoms with van der Waals surface area (Å²) in [4.78, 5) is 24.1. The van der Waals surface area contributed by atoms with E-state index in [1.165, 1.54) is 13.2 Å². The molecule has 3 heterocycles. The van der Waals surface area contributed by atoms with Gasteiger partial charge in [-0.2, -0.15) is 0 Å². The van der Waals surface area contributed by atoms with Crippen molar-refractivity contribution in [2.24, 2.45) is 11.7 Å². The van der Waals surface area contributed by atoms with Crippen molar-refractivity contribution in [1.29, 1.82) is 0 Å². The number of benzene rings is 1. The van der Waals surface area contributed by atoms with Crippen LogP contribution in [0, 0.1) is 23.4 Å². The standard InChI is InChI=1S/C28H29F3N4O3/c1-14-9-16(32)13-35(12-14)28-15(11-33-26-17(28)3-7-21(26)36)10-22(37)20-6-4-19(30)27(34-20)24-18(29)5-8-23(38-2)25(24)31/h4-6,8,11,14,16,21,36H,3,7,9-10,12-13,32H2,1-2H3/t14-,16+,21?/m1/s1. The maximum Gasteiger partial charge on any atom is 0.185 e. The molecule has 0 amide bonds. The Morgan fingerprint density at radius 3 is 2.68 bits per heavy atom. The summed E-state index contributed by atoms with van der Waals surface area (Å²) in [7, 11) is 1.21. The highest BCUT2D eigenvalue weighted by Gasteiger charge is 2.32. The molecule has 1 aliphatic carbocycles. The van der Waals surface area contributed by atoms with Crippen LogP contribution in [0.3, 0.4) is 0 Å². The van der Waals surface area contributed by atoms with Crippen LogP contribution in [-0.2, 0) is 12.8 Å². The van der Waals surface area contributed by atoms with Gasteiger partial charge in [-0.1, -0.05) is 6.92 Å². The van der Waals surface area contributed by atoms with Crippen LogP contribution in [0.1, 0.15) is 53.2 Å². The summed E-state index contributed by atoms with van der Waals surface area (Å²) < 4.78 is 49.0. The number of fused-ring (bicyclic) bond motifs is 1. The molecule has 3 aromatic rings. The fraction of sp³-hybridized carbons (Fsp3) is 0.393. The van der Waals surface area contributed by atoms with E-state index in [0.29, 0.717) is 36.6 Å². The SMILES string of the molecule is COc1ccc(F)c(-c2nc(C(=O)Cc3cnc4c(c3N3C[C@H](C)C[C@H](N)C3)CCC4O)ccc2F)c1F. The molecule has 1 unspecified atom stereocenters. The second-order valence-corrected chi connectivity index (χ2v) is 10.1. The van der Waals surface area contributed by atoms with Gasteiger partial charge in [-0.15, -0.1) is 0 Å². The minimum Gasteiger partial charge on any atom is -0.494 e. The van der Waals surface area contributed by atoms with Crippen molar-refractivity contribution in [1.82, 2.24) is 9.97 Å². The van der Waals surface area contributed by atoms with E-state index in [9.17, 15) is 23.1 Å². The molecule has 38 heavy (non-hydrogen) atoms. The monoisotopic (exact) mass is 526 g/mol. The molecule has 0 spiro atoms. The van der Waals surface area contributed by atoms with E-state index in [0.717, 1.165) is 42.4 Å². The summed E-state index contributed by atoms with van der Waals surface area (Å²) in [6.45, 7) is 3.47. The van der Waals surface area contributed by atoms with E-state index in [1.54, 1.807) is 6.20 Å². The predicted octanol–water partition coefficient (Wildman–Crippen LogP) is 4.15. The Labute approximate surface area is 218 Å². The lowest BCUT2D eigenvalue weighted by molar-refractivity contribution is 0.0988. The smallest absolute Gasteiger partial charge is 0.185 e. The number of nitrogens with two attached hydrogens (primary N) is 1. The Morgan fingerprint density at radius 2 is 1.95 bits per heavy atom. The van der Waals surface area contributed by atoms with Crippen molar-refractivity contribution < 1.29 is 27.8 Å². The van der Waals surface area contributed by atoms with Gasteiger partial charge in [0.05, 0.1) is 24.5 Å². The van der Waals surface area contributed by atoms with Gasteiger partial charge < -0.3 is 20.5 Å². The maximum atomic E-state index is 14.9. The molecule has 1 saturated heterocycles. The fourth-order valence-electron chi connectivity index (χ4n) is 5.60. The number of rotatable bonds is 6. The van der Waals surface area contributed by atoms with Crippen LogP contribution in [0.4, 0.5) is 18.9 Å². The Kier molecular flexibility index (Phi) is 7.11. The Bertz CT molecular complexity index is 1390. The van der Waals surface area contributed by atoms with Crippen LogP contribution >= 0.6 is 0 Å². The second-order valence-electron chi connectivity index (χ2n) is 10.1. The zero-order valence-corrected chi connectivity index (χ0v) is 21.2. The highest BCUT2D eigenvalue weighted by molar-refractivity contribution is 5.97. The van der Waals surface area contributed by atoms with Crippen molar-refractivity contribution in [2.75, 3.05) is 25.1 Å². The van der Waals surface area contributed by atoms with Gasteiger partial charge in [-0.25, -0.2) is 18.2 Å². The zero-order chi connectivity index (χ0) is 27.1. The number of nitrogens with zero attached hydrogens (tertiary/aromatic N) is 3. The van der Waals surface area contributed by atoms with E-state index < -0.39 is 40.6 Å². The molecule has 1 aliphatic heterocycles. The number of ether oxygens (including phenoxy) is 1. The molecule has 1 aromatic carbocycles. The molecular formula is C28H29F3N4O3. The third-order valence-corrected chi connectivity index (χ3v) is 7.25. The number of halogens is 3. The van der Waals surface area contributed by atoms with E-state index in [2.05, 4.69) is 21.8 Å². The van der Waals surface area contributed by atoms with Crippen molar-refractivity contribution >= 4 is 11.5 Å². The average molecular weight is 527 g/mol. The molecule has 2 aromatic heterocycles. The highest BCUT2D eigenvalue weighted by atomic mass is 19.1. The number of aliphatic hydroxyl groups is 1. The van der Waals surface area contributed by atoms with Crippen molar-refractivity contribution in [3.05, 3.63) is 70.4 Å². The van der Waals surface area contributed by atoms with Crippen LogP contribution < -0.4 is 15.4 Å². The lowest BCUT2D eigenvalue weighted by Crippen LogP contribution is -2.47. The number of Topliss-reactive ketones (excluding diaryl/α,β-unsaturated/α-hetero) is 1. The number of piperidine rings is 1. The number of anilines is 1. The first-order valence-corrected chi connectivity index (χ1v) is 12.6. The summed E-state index contributed by atoms with van der Waals surface area (Å²) in [5.74, 6) is -3.51. The predicted molar refractivity (Wildman–Crippen MR) is 136 cm³/mol. The average Bonchev–Trinajstić information content (AvgIpc) is 3.25. The topological polar surface area (TPSA) is 102 Å². The summed E-state index contributed by atoms with van der Waals surface area (Å²) in [5.41, 5.74) is 7.83. The van der Waals surface area contributed by atoms with Crippen molar-refractivity contribution in [2.45, 2.75) is 44.8 Å². The first-order chi connectivity index (χ1) is 18.2. The number of aliphatic hydroxyl groups excluding tert-OH is 1. The molecule has 2 aliphatic rings. The van der Waals surface area contributed by atoms with Gasteiger partial charge in [0.25, 0.3) is 0 Å². The Balaban J connectivity index is 1.53. The van der Waals surface area contributed by atoms with Crippen LogP contribution in [0.2, 0.25) is 0 Å². The highest BCUT2D eigenvalue weighted by Crippen LogP contribution is 2.40. The third-order valence-electron chi connectivity index (χ3n) is 7.25. The van der Waals surface area contributed by atoms with Gasteiger partial charge in [-0.05, 0) is 49.4 Å². The first-order valence-electron chi connectivity index (χ1n) is 12.6. The van der Waals surface area contributed by atoms with Gasteiger partial charge >= 0.3 is 0 Å². The number of hydrogen-bond donors (Lipinski definition) is 2. The van der Waals surface area contributed by atoms with Gasteiger partial charge in [0.15, 0.2) is 17.3 Å². The third kappa shape index (κ3) is 4.74. The van der Waals surface area contributed by atoms with Crippen LogP contribution in [0.5, 0.6) is 5.75 Å². The minimum atomic E-state index is -1.11. The molecule has 7 nitrogen and oxygen atoms in total. The van der Waals surface area contributed by atoms with Crippen LogP contribution in [-0.4, -0.2) is 47.1 Å². The molecule has 0 radical (unpaired) electrons. The largest absolute Gasteiger partial charge is 0.494 e. The number of carbonyl (C=O) groups excluding carboxylic acids is 1. The van der Waals surface area contributed by atoms with Gasteiger partial charge in [0, 0.05) is 48.6 Å². The number of hydrogen-bond acceptors (Lipinski definition) is 7. The zero-order valence-electron chi connectivity index (χ0n) is 21.2. The number of aromatic nitrogens is 2. The van der Waals surface area contributed by atoms with E-state index >= 15 is 0 Å². The molecule has 3 N–H and O–H groups in total.